The minimum absolute atomic E-state index is 0.157. The Balaban J connectivity index is 2.21. The third-order valence-electron chi connectivity index (χ3n) is 3.15. The molecular weight excluding hydrogens is 270 g/mol. The van der Waals surface area contributed by atoms with Crippen LogP contribution >= 0.6 is 0 Å². The maximum Gasteiger partial charge on any atom is 0.335 e. The molecule has 0 aliphatic rings. The average molecular weight is 289 g/mol. The number of nitrogens with zero attached hydrogens (tertiary/aromatic N) is 4. The van der Waals surface area contributed by atoms with Gasteiger partial charge in [-0.05, 0) is 25.0 Å². The van der Waals surface area contributed by atoms with E-state index >= 15 is 0 Å². The first-order chi connectivity index (χ1) is 10.0. The van der Waals surface area contributed by atoms with Gasteiger partial charge < -0.3 is 15.0 Å². The number of nitrogens with one attached hydrogen (secondary N) is 1. The first kappa shape index (κ1) is 15.0. The summed E-state index contributed by atoms with van der Waals surface area (Å²) in [4.78, 5) is 15.6. The van der Waals surface area contributed by atoms with Gasteiger partial charge >= 0.3 is 5.97 Å². The van der Waals surface area contributed by atoms with E-state index in [-0.39, 0.29) is 11.5 Å². The molecule has 0 amide bonds. The molecule has 0 spiro atoms. The lowest BCUT2D eigenvalue weighted by Gasteiger charge is -2.11. The van der Waals surface area contributed by atoms with Crippen molar-refractivity contribution in [2.45, 2.75) is 39.8 Å². The van der Waals surface area contributed by atoms with Crippen LogP contribution in [0.1, 0.15) is 48.6 Å². The Kier molecular flexibility index (Phi) is 4.52. The van der Waals surface area contributed by atoms with E-state index in [4.69, 9.17) is 5.11 Å². The summed E-state index contributed by atoms with van der Waals surface area (Å²) in [6.07, 6.45) is 1.66. The van der Waals surface area contributed by atoms with Crippen LogP contribution in [0.25, 0.3) is 0 Å². The molecule has 2 rings (SSSR count). The third-order valence-corrected chi connectivity index (χ3v) is 3.15. The number of carboxylic acid groups (broad SMARTS) is 1. The van der Waals surface area contributed by atoms with E-state index in [1.54, 1.807) is 12.4 Å². The van der Waals surface area contributed by atoms with Crippen LogP contribution in [0.4, 0.5) is 5.82 Å². The number of rotatable bonds is 6. The largest absolute Gasteiger partial charge is 0.478 e. The molecule has 0 unspecified atom stereocenters. The van der Waals surface area contributed by atoms with Crippen molar-refractivity contribution in [2.24, 2.45) is 0 Å². The smallest absolute Gasteiger partial charge is 0.335 e. The Labute approximate surface area is 123 Å². The molecule has 0 fully saturated rings. The van der Waals surface area contributed by atoms with Gasteiger partial charge in [-0.15, -0.1) is 10.2 Å². The predicted octanol–water partition coefficient (Wildman–Crippen LogP) is 2.13. The van der Waals surface area contributed by atoms with Crippen LogP contribution in [-0.2, 0) is 13.1 Å². The van der Waals surface area contributed by atoms with Crippen LogP contribution in [0.15, 0.2) is 18.5 Å². The molecule has 0 atom stereocenters. The zero-order valence-corrected chi connectivity index (χ0v) is 12.4. The summed E-state index contributed by atoms with van der Waals surface area (Å²) in [5.41, 5.74) is 0.975. The number of anilines is 1. The number of carboxylic acids is 1. The lowest BCUT2D eigenvalue weighted by molar-refractivity contribution is 0.0696. The second-order valence-corrected chi connectivity index (χ2v) is 5.01. The number of aromatic carboxylic acids is 1. The molecule has 0 aromatic carbocycles. The van der Waals surface area contributed by atoms with Crippen LogP contribution < -0.4 is 5.32 Å². The van der Waals surface area contributed by atoms with Crippen LogP contribution in [0, 0.1) is 0 Å². The van der Waals surface area contributed by atoms with E-state index in [0.717, 1.165) is 18.1 Å². The zero-order valence-electron chi connectivity index (χ0n) is 12.4. The highest BCUT2D eigenvalue weighted by atomic mass is 16.4. The maximum absolute atomic E-state index is 11.2. The lowest BCUT2D eigenvalue weighted by atomic mass is 10.1. The molecule has 0 saturated carbocycles. The topological polar surface area (TPSA) is 92.9 Å². The molecule has 2 N–H and O–H groups in total. The average Bonchev–Trinajstić information content (AvgIpc) is 2.92. The summed E-state index contributed by atoms with van der Waals surface area (Å²) in [5, 5.41) is 20.2. The van der Waals surface area contributed by atoms with Crippen molar-refractivity contribution < 1.29 is 9.90 Å². The molecule has 7 nitrogen and oxygen atoms in total. The number of carbonyl (C=O) groups is 1. The monoisotopic (exact) mass is 289 g/mol. The highest BCUT2D eigenvalue weighted by molar-refractivity contribution is 5.88. The molecule has 21 heavy (non-hydrogen) atoms. The second kappa shape index (κ2) is 6.34. The first-order valence-corrected chi connectivity index (χ1v) is 6.87. The highest BCUT2D eigenvalue weighted by Crippen LogP contribution is 2.18. The Hall–Kier alpha value is -2.44. The van der Waals surface area contributed by atoms with Crippen LogP contribution in [0.3, 0.4) is 0 Å². The molecule has 7 heteroatoms. The Morgan fingerprint density at radius 1 is 1.43 bits per heavy atom. The van der Waals surface area contributed by atoms with E-state index < -0.39 is 5.97 Å². The molecule has 2 aromatic rings. The van der Waals surface area contributed by atoms with Crippen molar-refractivity contribution in [3.8, 4) is 0 Å². The number of pyridine rings is 1. The van der Waals surface area contributed by atoms with E-state index in [9.17, 15) is 4.79 Å². The Bertz CT molecular complexity index is 636. The van der Waals surface area contributed by atoms with Crippen molar-refractivity contribution in [3.05, 3.63) is 35.5 Å². The quantitative estimate of drug-likeness (QED) is 0.846. The minimum Gasteiger partial charge on any atom is -0.478 e. The zero-order chi connectivity index (χ0) is 15.4. The van der Waals surface area contributed by atoms with Gasteiger partial charge in [-0.3, -0.25) is 0 Å². The van der Waals surface area contributed by atoms with Crippen molar-refractivity contribution in [2.75, 3.05) is 5.32 Å². The summed E-state index contributed by atoms with van der Waals surface area (Å²) in [6.45, 7) is 7.19. The summed E-state index contributed by atoms with van der Waals surface area (Å²) < 4.78 is 1.91. The molecule has 2 aromatic heterocycles. The van der Waals surface area contributed by atoms with E-state index in [1.165, 1.54) is 6.07 Å². The molecule has 112 valence electrons. The van der Waals surface area contributed by atoms with Crippen molar-refractivity contribution >= 4 is 11.8 Å². The lowest BCUT2D eigenvalue weighted by Crippen LogP contribution is -2.10. The predicted molar refractivity (Wildman–Crippen MR) is 78.3 cm³/mol. The number of hydrogen-bond donors (Lipinski definition) is 2. The number of hydrogen-bond acceptors (Lipinski definition) is 5. The normalized spacial score (nSPS) is 10.9. The molecule has 2 heterocycles. The van der Waals surface area contributed by atoms with Crippen molar-refractivity contribution in [1.82, 2.24) is 19.7 Å². The summed E-state index contributed by atoms with van der Waals surface area (Å²) in [5.74, 6) is 0.513. The fourth-order valence-electron chi connectivity index (χ4n) is 1.91. The van der Waals surface area contributed by atoms with Crippen molar-refractivity contribution in [1.29, 1.82) is 0 Å². The Morgan fingerprint density at radius 2 is 2.19 bits per heavy atom. The molecule has 0 aliphatic carbocycles. The van der Waals surface area contributed by atoms with E-state index in [1.807, 2.05) is 25.3 Å². The SMILES string of the molecule is CCn1cnnc1CNc1cc(C(=O)O)cc(C(C)C)n1. The summed E-state index contributed by atoms with van der Waals surface area (Å²) >= 11 is 0. The number of aromatic nitrogens is 4. The van der Waals surface area contributed by atoms with Gasteiger partial charge in [-0.25, -0.2) is 9.78 Å². The second-order valence-electron chi connectivity index (χ2n) is 5.01. The van der Waals surface area contributed by atoms with E-state index in [2.05, 4.69) is 20.5 Å². The van der Waals surface area contributed by atoms with E-state index in [0.29, 0.717) is 12.4 Å². The third kappa shape index (κ3) is 3.56. The molecule has 0 bridgehead atoms. The van der Waals surface area contributed by atoms with Crippen molar-refractivity contribution in [3.63, 3.8) is 0 Å². The van der Waals surface area contributed by atoms with Gasteiger partial charge in [0, 0.05) is 12.2 Å². The first-order valence-electron chi connectivity index (χ1n) is 6.87. The van der Waals surface area contributed by atoms with Gasteiger partial charge in [-0.2, -0.15) is 0 Å². The maximum atomic E-state index is 11.2. The van der Waals surface area contributed by atoms with Gasteiger partial charge in [0.25, 0.3) is 0 Å². The van der Waals surface area contributed by atoms with Crippen LogP contribution in [-0.4, -0.2) is 30.8 Å². The summed E-state index contributed by atoms with van der Waals surface area (Å²) in [7, 11) is 0. The molecule has 0 saturated heterocycles. The molecule has 0 aliphatic heterocycles. The highest BCUT2D eigenvalue weighted by Gasteiger charge is 2.11. The standard InChI is InChI=1S/C14H19N5O2/c1-4-19-8-16-18-13(19)7-15-12-6-10(14(20)21)5-11(17-12)9(2)3/h5-6,8-9H,4,7H2,1-3H3,(H,15,17)(H,20,21). The molecule has 0 radical (unpaired) electrons. The Morgan fingerprint density at radius 3 is 2.81 bits per heavy atom. The van der Waals surface area contributed by atoms with Gasteiger partial charge in [0.15, 0.2) is 5.82 Å². The number of aryl methyl sites for hydroxylation is 1. The van der Waals surface area contributed by atoms with Gasteiger partial charge in [0.2, 0.25) is 0 Å². The fraction of sp³-hybridized carbons (Fsp3) is 0.429. The fourth-order valence-corrected chi connectivity index (χ4v) is 1.91. The van der Waals surface area contributed by atoms with Crippen LogP contribution in [0.5, 0.6) is 0 Å². The van der Waals surface area contributed by atoms with Crippen LogP contribution in [0.2, 0.25) is 0 Å². The minimum atomic E-state index is -0.959. The van der Waals surface area contributed by atoms with Gasteiger partial charge in [0.05, 0.1) is 12.1 Å². The summed E-state index contributed by atoms with van der Waals surface area (Å²) in [6, 6.07) is 3.13. The van der Waals surface area contributed by atoms with Gasteiger partial charge in [0.1, 0.15) is 12.1 Å². The molecular formula is C14H19N5O2. The van der Waals surface area contributed by atoms with Gasteiger partial charge in [-0.1, -0.05) is 13.8 Å².